The van der Waals surface area contributed by atoms with Crippen LogP contribution in [-0.2, 0) is 14.3 Å². The first-order valence-corrected chi connectivity index (χ1v) is 10.2. The fraction of sp³-hybridized carbons (Fsp3) is 0.696. The number of carbonyl (C=O) groups is 1. The first-order valence-electron chi connectivity index (χ1n) is 10.2. The third-order valence-electron chi connectivity index (χ3n) is 4.40. The smallest absolute Gasteiger partial charge is 0.306 e. The Morgan fingerprint density at radius 2 is 1.85 bits per heavy atom. The van der Waals surface area contributed by atoms with E-state index in [1.54, 1.807) is 13.4 Å². The molecule has 4 nitrogen and oxygen atoms in total. The summed E-state index contributed by atoms with van der Waals surface area (Å²) in [5, 5.41) is 0. The third kappa shape index (κ3) is 11.7. The lowest BCUT2D eigenvalue weighted by molar-refractivity contribution is -0.155. The monoisotopic (exact) mass is 378 g/mol. The van der Waals surface area contributed by atoms with Crippen LogP contribution in [0.15, 0.2) is 35.0 Å². The van der Waals surface area contributed by atoms with Gasteiger partial charge in [0, 0.05) is 13.5 Å². The molecule has 1 rings (SSSR count). The number of methoxy groups -OCH3 is 1. The van der Waals surface area contributed by atoms with Gasteiger partial charge in [0.15, 0.2) is 0 Å². The lowest BCUT2D eigenvalue weighted by Gasteiger charge is -2.20. The van der Waals surface area contributed by atoms with Crippen molar-refractivity contribution in [1.29, 1.82) is 0 Å². The van der Waals surface area contributed by atoms with Crippen molar-refractivity contribution >= 4 is 5.97 Å². The average Bonchev–Trinajstić information content (AvgIpc) is 3.09. The quantitative estimate of drug-likeness (QED) is 0.220. The molecule has 0 radical (unpaired) electrons. The van der Waals surface area contributed by atoms with Crippen LogP contribution in [0.5, 0.6) is 0 Å². The van der Waals surface area contributed by atoms with Crippen LogP contribution < -0.4 is 0 Å². The Morgan fingerprint density at radius 1 is 1.15 bits per heavy atom. The molecule has 1 heterocycles. The zero-order valence-electron chi connectivity index (χ0n) is 17.8. The van der Waals surface area contributed by atoms with Crippen LogP contribution in [0.1, 0.15) is 90.9 Å². The highest BCUT2D eigenvalue weighted by atomic mass is 16.6. The SMILES string of the molecule is COC(CCCC/C=C\CCC[C@@H](C)CC(=O)OC(C)(C)C)c1ccco1. The van der Waals surface area contributed by atoms with E-state index in [1.807, 2.05) is 32.9 Å². The maximum absolute atomic E-state index is 11.8. The molecule has 2 atom stereocenters. The van der Waals surface area contributed by atoms with Crippen molar-refractivity contribution in [3.63, 3.8) is 0 Å². The Hall–Kier alpha value is -1.55. The van der Waals surface area contributed by atoms with Gasteiger partial charge in [-0.05, 0) is 77.3 Å². The summed E-state index contributed by atoms with van der Waals surface area (Å²) in [7, 11) is 1.73. The molecule has 0 bridgehead atoms. The largest absolute Gasteiger partial charge is 0.467 e. The average molecular weight is 379 g/mol. The summed E-state index contributed by atoms with van der Waals surface area (Å²) in [4.78, 5) is 11.8. The van der Waals surface area contributed by atoms with Crippen LogP contribution in [0.3, 0.4) is 0 Å². The standard InChI is InChI=1S/C23H38O4/c1-19(18-22(24)27-23(2,3)4)14-11-9-7-6-8-10-12-15-20(25-5)21-16-13-17-26-21/h6-7,13,16-17,19-20H,8-12,14-15,18H2,1-5H3/b7-6-/t19-,20?/m1/s1. The van der Waals surface area contributed by atoms with Gasteiger partial charge in [-0.15, -0.1) is 0 Å². The van der Waals surface area contributed by atoms with E-state index < -0.39 is 0 Å². The van der Waals surface area contributed by atoms with Crippen molar-refractivity contribution in [1.82, 2.24) is 0 Å². The van der Waals surface area contributed by atoms with Crippen LogP contribution in [0.2, 0.25) is 0 Å². The van der Waals surface area contributed by atoms with E-state index in [0.29, 0.717) is 12.3 Å². The van der Waals surface area contributed by atoms with E-state index >= 15 is 0 Å². The zero-order chi connectivity index (χ0) is 20.1. The first kappa shape index (κ1) is 23.5. The van der Waals surface area contributed by atoms with Crippen molar-refractivity contribution < 1.29 is 18.7 Å². The highest BCUT2D eigenvalue weighted by molar-refractivity contribution is 5.70. The Bertz CT molecular complexity index is 525. The Labute approximate surface area is 165 Å². The lowest BCUT2D eigenvalue weighted by Crippen LogP contribution is -2.24. The molecule has 1 aromatic heterocycles. The minimum atomic E-state index is -0.388. The van der Waals surface area contributed by atoms with Gasteiger partial charge in [-0.25, -0.2) is 0 Å². The van der Waals surface area contributed by atoms with Gasteiger partial charge in [0.05, 0.1) is 6.26 Å². The number of allylic oxidation sites excluding steroid dienone is 2. The maximum atomic E-state index is 11.8. The third-order valence-corrected chi connectivity index (χ3v) is 4.40. The number of esters is 1. The van der Waals surface area contributed by atoms with Crippen LogP contribution in [0.4, 0.5) is 0 Å². The number of ether oxygens (including phenoxy) is 2. The number of furan rings is 1. The highest BCUT2D eigenvalue weighted by Gasteiger charge is 2.18. The summed E-state index contributed by atoms with van der Waals surface area (Å²) in [6.07, 6.45) is 14.4. The highest BCUT2D eigenvalue weighted by Crippen LogP contribution is 2.23. The van der Waals surface area contributed by atoms with Gasteiger partial charge in [0.25, 0.3) is 0 Å². The number of hydrogen-bond acceptors (Lipinski definition) is 4. The molecule has 0 aliphatic heterocycles. The number of unbranched alkanes of at least 4 members (excludes halogenated alkanes) is 3. The zero-order valence-corrected chi connectivity index (χ0v) is 17.8. The molecular weight excluding hydrogens is 340 g/mol. The molecule has 0 amide bonds. The topological polar surface area (TPSA) is 48.7 Å². The minimum Gasteiger partial charge on any atom is -0.467 e. The summed E-state index contributed by atoms with van der Waals surface area (Å²) in [6, 6.07) is 3.87. The van der Waals surface area contributed by atoms with E-state index in [0.717, 1.165) is 50.7 Å². The predicted molar refractivity (Wildman–Crippen MR) is 110 cm³/mol. The number of rotatable bonds is 13. The molecule has 0 saturated heterocycles. The van der Waals surface area contributed by atoms with Crippen LogP contribution >= 0.6 is 0 Å². The second-order valence-corrected chi connectivity index (χ2v) is 8.32. The Kier molecular flexibility index (Phi) is 11.1. The lowest BCUT2D eigenvalue weighted by atomic mass is 10.00. The van der Waals surface area contributed by atoms with Crippen LogP contribution in [0.25, 0.3) is 0 Å². The number of carbonyl (C=O) groups excluding carboxylic acids is 1. The maximum Gasteiger partial charge on any atom is 0.306 e. The normalized spacial score (nSPS) is 14.4. The van der Waals surface area contributed by atoms with Gasteiger partial charge in [-0.3, -0.25) is 4.79 Å². The van der Waals surface area contributed by atoms with Crippen molar-refractivity contribution in [2.45, 2.75) is 90.8 Å². The van der Waals surface area contributed by atoms with Gasteiger partial charge in [-0.2, -0.15) is 0 Å². The fourth-order valence-electron chi connectivity index (χ4n) is 3.03. The van der Waals surface area contributed by atoms with Gasteiger partial charge in [-0.1, -0.05) is 25.5 Å². The summed E-state index contributed by atoms with van der Waals surface area (Å²) in [5.74, 6) is 1.20. The molecule has 0 aromatic carbocycles. The van der Waals surface area contributed by atoms with Crippen molar-refractivity contribution in [2.75, 3.05) is 7.11 Å². The van der Waals surface area contributed by atoms with Crippen molar-refractivity contribution in [3.8, 4) is 0 Å². The fourth-order valence-corrected chi connectivity index (χ4v) is 3.03. The Morgan fingerprint density at radius 3 is 2.44 bits per heavy atom. The second kappa shape index (κ2) is 12.8. The summed E-state index contributed by atoms with van der Waals surface area (Å²) in [6.45, 7) is 7.85. The van der Waals surface area contributed by atoms with Gasteiger partial charge in [0.2, 0.25) is 0 Å². The molecule has 0 saturated carbocycles. The van der Waals surface area contributed by atoms with E-state index in [1.165, 1.54) is 0 Å². The van der Waals surface area contributed by atoms with E-state index in [9.17, 15) is 4.79 Å². The van der Waals surface area contributed by atoms with Crippen molar-refractivity contribution in [3.05, 3.63) is 36.3 Å². The van der Waals surface area contributed by atoms with Crippen LogP contribution in [-0.4, -0.2) is 18.7 Å². The molecule has 0 aliphatic carbocycles. The molecule has 154 valence electrons. The van der Waals surface area contributed by atoms with Gasteiger partial charge >= 0.3 is 5.97 Å². The molecule has 1 aromatic rings. The van der Waals surface area contributed by atoms with Gasteiger partial charge < -0.3 is 13.9 Å². The van der Waals surface area contributed by atoms with E-state index in [-0.39, 0.29) is 17.7 Å². The van der Waals surface area contributed by atoms with E-state index in [4.69, 9.17) is 13.9 Å². The van der Waals surface area contributed by atoms with Gasteiger partial charge in [0.1, 0.15) is 17.5 Å². The van der Waals surface area contributed by atoms with Crippen molar-refractivity contribution in [2.24, 2.45) is 5.92 Å². The summed E-state index contributed by atoms with van der Waals surface area (Å²) < 4.78 is 16.3. The summed E-state index contributed by atoms with van der Waals surface area (Å²) >= 11 is 0. The first-order chi connectivity index (χ1) is 12.8. The molecule has 0 aliphatic rings. The van der Waals surface area contributed by atoms with E-state index in [2.05, 4.69) is 19.1 Å². The predicted octanol–water partition coefficient (Wildman–Crippen LogP) is 6.62. The molecule has 27 heavy (non-hydrogen) atoms. The molecule has 0 fully saturated rings. The molecule has 0 N–H and O–H groups in total. The number of hydrogen-bond donors (Lipinski definition) is 0. The molecule has 4 heteroatoms. The van der Waals surface area contributed by atoms with Crippen LogP contribution in [0, 0.1) is 5.92 Å². The Balaban J connectivity index is 2.03. The second-order valence-electron chi connectivity index (χ2n) is 8.32. The molecular formula is C23H38O4. The molecule has 0 spiro atoms. The summed E-state index contributed by atoms with van der Waals surface area (Å²) in [5.41, 5.74) is -0.388. The molecule has 1 unspecified atom stereocenters. The minimum absolute atomic E-state index is 0.0652.